The smallest absolute Gasteiger partial charge is 0.211 e. The third-order valence-corrected chi connectivity index (χ3v) is 14.9. The summed E-state index contributed by atoms with van der Waals surface area (Å²) in [5.41, 5.74) is 9.01. The molecule has 4 nitrogen and oxygen atoms in total. The maximum atomic E-state index is 15.9. The topological polar surface area (TPSA) is 40.6 Å². The first kappa shape index (κ1) is 28.1. The van der Waals surface area contributed by atoms with Gasteiger partial charge in [-0.1, -0.05) is 85.6 Å². The number of benzene rings is 5. The van der Waals surface area contributed by atoms with Crippen LogP contribution in [0.5, 0.6) is 0 Å². The summed E-state index contributed by atoms with van der Waals surface area (Å²) in [6, 6.07) is 35.6. The van der Waals surface area contributed by atoms with Gasteiger partial charge in [0.05, 0.1) is 27.7 Å². The number of nitrogens with zero attached hydrogens (tertiary/aromatic N) is 2. The van der Waals surface area contributed by atoms with Crippen molar-refractivity contribution in [3.05, 3.63) is 114 Å². The summed E-state index contributed by atoms with van der Waals surface area (Å²) < 4.78 is 33.1. The molecule has 0 saturated carbocycles. The first-order valence-electron chi connectivity index (χ1n) is 15.0. The van der Waals surface area contributed by atoms with Crippen LogP contribution in [0.4, 0.5) is 17.1 Å². The Kier molecular flexibility index (Phi) is 6.67. The van der Waals surface area contributed by atoms with E-state index in [1.165, 1.54) is 0 Å². The van der Waals surface area contributed by atoms with Crippen molar-refractivity contribution in [3.8, 4) is 22.3 Å². The molecule has 0 bridgehead atoms. The molecule has 0 amide bonds. The molecule has 7 rings (SSSR count). The monoisotopic (exact) mass is 602 g/mol. The van der Waals surface area contributed by atoms with Crippen LogP contribution in [0.1, 0.15) is 25.0 Å². The van der Waals surface area contributed by atoms with Crippen molar-refractivity contribution in [1.82, 2.24) is 4.67 Å². The quantitative estimate of drug-likeness (QED) is 0.190. The zero-order valence-electron chi connectivity index (χ0n) is 25.3. The number of hydrogen-bond donors (Lipinski definition) is 0. The van der Waals surface area contributed by atoms with E-state index in [-0.39, 0.29) is 0 Å². The molecule has 2 unspecified atom stereocenters. The van der Waals surface area contributed by atoms with Crippen molar-refractivity contribution >= 4 is 52.7 Å². The average molecular weight is 603 g/mol. The van der Waals surface area contributed by atoms with Gasteiger partial charge < -0.3 is 9.46 Å². The van der Waals surface area contributed by atoms with Gasteiger partial charge in [0.2, 0.25) is 7.29 Å². The molecule has 43 heavy (non-hydrogen) atoms. The molecule has 0 radical (unpaired) electrons. The lowest BCUT2D eigenvalue weighted by atomic mass is 9.98. The van der Waals surface area contributed by atoms with E-state index < -0.39 is 14.4 Å². The number of hydrogen-bond acceptors (Lipinski definition) is 3. The van der Waals surface area contributed by atoms with Gasteiger partial charge in [-0.2, -0.15) is 0 Å². The van der Waals surface area contributed by atoms with E-state index in [4.69, 9.17) is 0 Å². The van der Waals surface area contributed by atoms with E-state index in [0.717, 1.165) is 71.7 Å². The third kappa shape index (κ3) is 4.15. The lowest BCUT2D eigenvalue weighted by Crippen LogP contribution is -2.46. The fourth-order valence-corrected chi connectivity index (χ4v) is 12.6. The summed E-state index contributed by atoms with van der Waals surface area (Å²) in [5.74, 6) is 0. The van der Waals surface area contributed by atoms with E-state index in [9.17, 15) is 0 Å². The van der Waals surface area contributed by atoms with Crippen LogP contribution in [0.25, 0.3) is 22.3 Å². The molecule has 2 aliphatic heterocycles. The molecule has 2 aliphatic rings. The summed E-state index contributed by atoms with van der Waals surface area (Å²) in [5, 5.41) is 3.26. The van der Waals surface area contributed by atoms with Gasteiger partial charge in [-0.25, -0.2) is 4.67 Å². The maximum absolute atomic E-state index is 15.9. The lowest BCUT2D eigenvalue weighted by Gasteiger charge is -2.46. The Morgan fingerprint density at radius 1 is 0.581 bits per heavy atom. The molecule has 0 fully saturated rings. The first-order valence-corrected chi connectivity index (χ1v) is 18.8. The Balaban J connectivity index is 1.59. The van der Waals surface area contributed by atoms with E-state index in [2.05, 4.69) is 122 Å². The van der Waals surface area contributed by atoms with Crippen molar-refractivity contribution in [3.63, 3.8) is 0 Å². The number of aryl methyl sites for hydroxylation is 2. The molecule has 2 atom stereocenters. The molecule has 0 aromatic heterocycles. The summed E-state index contributed by atoms with van der Waals surface area (Å²) in [6.07, 6.45) is 0. The molecule has 5 aromatic carbocycles. The van der Waals surface area contributed by atoms with Gasteiger partial charge in [-0.05, 0) is 85.2 Å². The Morgan fingerprint density at radius 3 is 1.79 bits per heavy atom. The van der Waals surface area contributed by atoms with E-state index >= 15 is 9.13 Å². The van der Waals surface area contributed by atoms with E-state index in [0.29, 0.717) is 13.1 Å². The predicted molar refractivity (Wildman–Crippen MR) is 184 cm³/mol. The zero-order valence-corrected chi connectivity index (χ0v) is 27.1. The highest BCUT2D eigenvalue weighted by Crippen LogP contribution is 2.61. The highest BCUT2D eigenvalue weighted by molar-refractivity contribution is 7.80. The Morgan fingerprint density at radius 2 is 1.14 bits per heavy atom. The van der Waals surface area contributed by atoms with Crippen LogP contribution in [-0.4, -0.2) is 24.4 Å². The highest BCUT2D eigenvalue weighted by Gasteiger charge is 2.49. The molecular weight excluding hydrogens is 566 g/mol. The fourth-order valence-electron chi connectivity index (χ4n) is 6.85. The zero-order chi connectivity index (χ0) is 30.1. The van der Waals surface area contributed by atoms with Gasteiger partial charge in [-0.3, -0.25) is 4.57 Å². The van der Waals surface area contributed by atoms with Crippen molar-refractivity contribution < 1.29 is 9.13 Å². The van der Waals surface area contributed by atoms with Crippen molar-refractivity contribution in [2.45, 2.75) is 27.7 Å². The SMILES string of the molecule is CCN(CC)P1(=O)c2cc(C)ccc2N2c3ccc(C)cc3P(C)(=O)c3cc(-c4cccc(-c5ccccc5)c4)cc1c32. The molecule has 0 aliphatic carbocycles. The minimum Gasteiger partial charge on any atom is -0.314 e. The van der Waals surface area contributed by atoms with Crippen LogP contribution in [-0.2, 0) is 9.13 Å². The Bertz CT molecular complexity index is 2010. The van der Waals surface area contributed by atoms with E-state index in [1.54, 1.807) is 0 Å². The third-order valence-electron chi connectivity index (χ3n) is 9.04. The maximum Gasteiger partial charge on any atom is 0.211 e. The van der Waals surface area contributed by atoms with Crippen LogP contribution < -0.4 is 26.1 Å². The minimum atomic E-state index is -3.30. The fraction of sp³-hybridized carbons (Fsp3) is 0.189. The van der Waals surface area contributed by atoms with Crippen LogP contribution in [0.3, 0.4) is 0 Å². The Labute approximate surface area is 254 Å². The van der Waals surface area contributed by atoms with Crippen molar-refractivity contribution in [1.29, 1.82) is 0 Å². The largest absolute Gasteiger partial charge is 0.314 e. The van der Waals surface area contributed by atoms with Crippen molar-refractivity contribution in [2.75, 3.05) is 24.7 Å². The van der Waals surface area contributed by atoms with Crippen LogP contribution in [0, 0.1) is 13.8 Å². The first-order chi connectivity index (χ1) is 20.7. The summed E-state index contributed by atoms with van der Waals surface area (Å²) in [6.45, 7) is 11.4. The average Bonchev–Trinajstić information content (AvgIpc) is 3.02. The summed E-state index contributed by atoms with van der Waals surface area (Å²) in [7, 11) is -6.36. The van der Waals surface area contributed by atoms with Gasteiger partial charge in [-0.15, -0.1) is 0 Å². The molecular formula is C37H36N2O2P2. The van der Waals surface area contributed by atoms with Gasteiger partial charge in [0.15, 0.2) is 0 Å². The highest BCUT2D eigenvalue weighted by atomic mass is 31.2. The second-order valence-electron chi connectivity index (χ2n) is 11.8. The molecule has 5 aromatic rings. The minimum absolute atomic E-state index is 0.642. The lowest BCUT2D eigenvalue weighted by molar-refractivity contribution is 0.458. The summed E-state index contributed by atoms with van der Waals surface area (Å²) in [4.78, 5) is 2.23. The molecule has 0 spiro atoms. The molecule has 6 heteroatoms. The van der Waals surface area contributed by atoms with Gasteiger partial charge in [0.1, 0.15) is 7.14 Å². The predicted octanol–water partition coefficient (Wildman–Crippen LogP) is 8.25. The van der Waals surface area contributed by atoms with Gasteiger partial charge in [0.25, 0.3) is 0 Å². The molecule has 216 valence electrons. The molecule has 0 N–H and O–H groups in total. The summed E-state index contributed by atoms with van der Waals surface area (Å²) >= 11 is 0. The Hall–Kier alpha value is -3.68. The van der Waals surface area contributed by atoms with E-state index in [1.807, 2.05) is 24.9 Å². The second-order valence-corrected chi connectivity index (χ2v) is 17.3. The second kappa shape index (κ2) is 10.2. The normalized spacial score (nSPS) is 20.0. The van der Waals surface area contributed by atoms with Crippen LogP contribution >= 0.6 is 14.4 Å². The van der Waals surface area contributed by atoms with Crippen LogP contribution in [0.2, 0.25) is 0 Å². The number of fused-ring (bicyclic) bond motifs is 4. The van der Waals surface area contributed by atoms with Crippen molar-refractivity contribution in [2.24, 2.45) is 0 Å². The number of rotatable bonds is 5. The van der Waals surface area contributed by atoms with Gasteiger partial charge >= 0.3 is 0 Å². The number of anilines is 3. The van der Waals surface area contributed by atoms with Gasteiger partial charge in [0, 0.05) is 23.7 Å². The molecule has 0 saturated heterocycles. The molecule has 2 heterocycles. The van der Waals surface area contributed by atoms with Crippen LogP contribution in [0.15, 0.2) is 103 Å². The standard InChI is InChI=1S/C37H36N2O2P2/c1-6-38(7-2)43(41)34-21-26(4)17-19-32(34)39-31-18-16-25(3)20-33(31)42(5,40)35-23-30(24-36(43)37(35)39)29-15-11-14-28(22-29)27-12-9-8-10-13-27/h8-24H,6-7H2,1-5H3.